The highest BCUT2D eigenvalue weighted by atomic mass is 16.3. The zero-order valence-electron chi connectivity index (χ0n) is 15.6. The number of aromatic hydroxyl groups is 1. The molecule has 1 aliphatic heterocycles. The minimum Gasteiger partial charge on any atom is -0.505 e. The highest BCUT2D eigenvalue weighted by Gasteiger charge is 2.27. The van der Waals surface area contributed by atoms with Crippen LogP contribution in [0, 0.1) is 0 Å². The standard InChI is InChI=1S/C22H23N3O2/c1-24-13-17-7-4-3-6-16(17)12-18(24)14-25(2)22(27)19-10-9-15-8-5-11-23-20(15)21(19)26/h3-11,18,26H,12-14H2,1-2H3/t18-/m0/s1. The Morgan fingerprint density at radius 2 is 1.96 bits per heavy atom. The van der Waals surface area contributed by atoms with Crippen LogP contribution in [0.1, 0.15) is 21.5 Å². The van der Waals surface area contributed by atoms with Crippen molar-refractivity contribution in [2.24, 2.45) is 0 Å². The summed E-state index contributed by atoms with van der Waals surface area (Å²) in [6.45, 7) is 1.48. The number of rotatable bonds is 3. The van der Waals surface area contributed by atoms with Crippen molar-refractivity contribution in [3.63, 3.8) is 0 Å². The second-order valence-corrected chi connectivity index (χ2v) is 7.26. The number of pyridine rings is 1. The van der Waals surface area contributed by atoms with Gasteiger partial charge in [0.05, 0.1) is 5.56 Å². The van der Waals surface area contributed by atoms with Gasteiger partial charge in [-0.3, -0.25) is 14.7 Å². The summed E-state index contributed by atoms with van der Waals surface area (Å²) in [6, 6.07) is 15.9. The van der Waals surface area contributed by atoms with E-state index < -0.39 is 0 Å². The number of likely N-dealkylation sites (N-methyl/N-ethyl adjacent to an activating group) is 2. The van der Waals surface area contributed by atoms with E-state index in [1.807, 2.05) is 18.2 Å². The molecule has 0 saturated carbocycles. The molecule has 1 aliphatic rings. The highest BCUT2D eigenvalue weighted by Crippen LogP contribution is 2.28. The van der Waals surface area contributed by atoms with E-state index in [1.54, 1.807) is 24.2 Å². The van der Waals surface area contributed by atoms with E-state index in [0.717, 1.165) is 18.4 Å². The van der Waals surface area contributed by atoms with E-state index in [1.165, 1.54) is 11.1 Å². The SMILES string of the molecule is CN(C[C@@H]1Cc2ccccc2CN1C)C(=O)c1ccc2cccnc2c1O. The van der Waals surface area contributed by atoms with Crippen molar-refractivity contribution < 1.29 is 9.90 Å². The zero-order chi connectivity index (χ0) is 19.0. The average Bonchev–Trinajstić information content (AvgIpc) is 2.68. The number of aromatic nitrogens is 1. The predicted octanol–water partition coefficient (Wildman–Crippen LogP) is 3.07. The Hall–Kier alpha value is -2.92. The highest BCUT2D eigenvalue weighted by molar-refractivity contribution is 6.02. The molecule has 1 N–H and O–H groups in total. The number of carbonyl (C=O) groups excluding carboxylic acids is 1. The normalized spacial score (nSPS) is 16.9. The van der Waals surface area contributed by atoms with Crippen molar-refractivity contribution >= 4 is 16.8 Å². The van der Waals surface area contributed by atoms with E-state index in [-0.39, 0.29) is 17.7 Å². The van der Waals surface area contributed by atoms with Gasteiger partial charge >= 0.3 is 0 Å². The fourth-order valence-electron chi connectivity index (χ4n) is 3.83. The third-order valence-corrected chi connectivity index (χ3v) is 5.43. The minimum atomic E-state index is -0.188. The Bertz CT molecular complexity index is 1000. The van der Waals surface area contributed by atoms with Gasteiger partial charge in [0.2, 0.25) is 0 Å². The lowest BCUT2D eigenvalue weighted by Crippen LogP contribution is -2.46. The lowest BCUT2D eigenvalue weighted by molar-refractivity contribution is 0.0731. The van der Waals surface area contributed by atoms with Crippen molar-refractivity contribution in [3.8, 4) is 5.75 Å². The first-order chi connectivity index (χ1) is 13.0. The number of carbonyl (C=O) groups is 1. The van der Waals surface area contributed by atoms with E-state index in [2.05, 4.69) is 41.2 Å². The second kappa shape index (κ2) is 7.00. The Kier molecular flexibility index (Phi) is 4.54. The molecule has 0 bridgehead atoms. The van der Waals surface area contributed by atoms with Crippen LogP contribution >= 0.6 is 0 Å². The van der Waals surface area contributed by atoms with Crippen LogP contribution < -0.4 is 0 Å². The first kappa shape index (κ1) is 17.5. The van der Waals surface area contributed by atoms with E-state index in [9.17, 15) is 9.90 Å². The van der Waals surface area contributed by atoms with E-state index in [0.29, 0.717) is 17.6 Å². The van der Waals surface area contributed by atoms with Gasteiger partial charge in [-0.2, -0.15) is 0 Å². The number of phenolic OH excluding ortho intramolecular Hbond substituents is 1. The number of benzene rings is 2. The van der Waals surface area contributed by atoms with Crippen molar-refractivity contribution in [1.82, 2.24) is 14.8 Å². The molecule has 2 heterocycles. The van der Waals surface area contributed by atoms with Gasteiger partial charge in [-0.05, 0) is 36.7 Å². The third-order valence-electron chi connectivity index (χ3n) is 5.43. The van der Waals surface area contributed by atoms with Gasteiger partial charge in [-0.15, -0.1) is 0 Å². The van der Waals surface area contributed by atoms with Crippen LogP contribution in [0.2, 0.25) is 0 Å². The monoisotopic (exact) mass is 361 g/mol. The first-order valence-corrected chi connectivity index (χ1v) is 9.14. The molecule has 5 heteroatoms. The number of phenols is 1. The molecule has 0 unspecified atom stereocenters. The summed E-state index contributed by atoms with van der Waals surface area (Å²) in [4.78, 5) is 21.1. The summed E-state index contributed by atoms with van der Waals surface area (Å²) in [6.07, 6.45) is 2.53. The van der Waals surface area contributed by atoms with Crippen molar-refractivity contribution in [2.45, 2.75) is 19.0 Å². The number of fused-ring (bicyclic) bond motifs is 2. The molecule has 3 aromatic rings. The molecule has 0 radical (unpaired) electrons. The van der Waals surface area contributed by atoms with Crippen LogP contribution in [0.3, 0.4) is 0 Å². The molecule has 4 rings (SSSR count). The van der Waals surface area contributed by atoms with Crippen molar-refractivity contribution in [1.29, 1.82) is 0 Å². The molecule has 1 atom stereocenters. The first-order valence-electron chi connectivity index (χ1n) is 9.14. The lowest BCUT2D eigenvalue weighted by atomic mass is 9.94. The molecule has 0 spiro atoms. The number of hydrogen-bond acceptors (Lipinski definition) is 4. The molecule has 27 heavy (non-hydrogen) atoms. The Morgan fingerprint density at radius 3 is 2.78 bits per heavy atom. The van der Waals surface area contributed by atoms with Gasteiger partial charge in [0, 0.05) is 37.8 Å². The fourth-order valence-corrected chi connectivity index (χ4v) is 3.83. The smallest absolute Gasteiger partial charge is 0.257 e. The van der Waals surface area contributed by atoms with Gasteiger partial charge < -0.3 is 10.0 Å². The number of amides is 1. The molecule has 1 amide bonds. The summed E-state index contributed by atoms with van der Waals surface area (Å²) in [5, 5.41) is 11.4. The number of nitrogens with zero attached hydrogens (tertiary/aromatic N) is 3. The van der Waals surface area contributed by atoms with Crippen molar-refractivity contribution in [2.75, 3.05) is 20.6 Å². The molecule has 5 nitrogen and oxygen atoms in total. The molecular weight excluding hydrogens is 338 g/mol. The van der Waals surface area contributed by atoms with Crippen LogP contribution in [-0.2, 0) is 13.0 Å². The van der Waals surface area contributed by atoms with E-state index in [4.69, 9.17) is 0 Å². The molecule has 0 fully saturated rings. The Labute approximate surface area is 158 Å². The molecule has 0 aliphatic carbocycles. The second-order valence-electron chi connectivity index (χ2n) is 7.26. The summed E-state index contributed by atoms with van der Waals surface area (Å²) in [5.74, 6) is -0.236. The van der Waals surface area contributed by atoms with Gasteiger partial charge in [-0.25, -0.2) is 0 Å². The van der Waals surface area contributed by atoms with Gasteiger partial charge in [-0.1, -0.05) is 36.4 Å². The largest absolute Gasteiger partial charge is 0.505 e. The Morgan fingerprint density at radius 1 is 1.19 bits per heavy atom. The molecular formula is C22H23N3O2. The summed E-state index contributed by atoms with van der Waals surface area (Å²) in [5.41, 5.74) is 3.45. The maximum atomic E-state index is 13.0. The molecule has 1 aromatic heterocycles. The minimum absolute atomic E-state index is 0.0488. The van der Waals surface area contributed by atoms with Crippen LogP contribution in [0.4, 0.5) is 0 Å². The zero-order valence-corrected chi connectivity index (χ0v) is 15.6. The molecule has 138 valence electrons. The third kappa shape index (κ3) is 3.26. The van der Waals surface area contributed by atoms with Crippen LogP contribution in [0.5, 0.6) is 5.75 Å². The Balaban J connectivity index is 1.54. The van der Waals surface area contributed by atoms with Crippen molar-refractivity contribution in [3.05, 3.63) is 71.4 Å². The predicted molar refractivity (Wildman–Crippen MR) is 106 cm³/mol. The number of hydrogen-bond donors (Lipinski definition) is 1. The average molecular weight is 361 g/mol. The molecule has 0 saturated heterocycles. The maximum absolute atomic E-state index is 13.0. The summed E-state index contributed by atoms with van der Waals surface area (Å²) >= 11 is 0. The quantitative estimate of drug-likeness (QED) is 0.779. The summed E-state index contributed by atoms with van der Waals surface area (Å²) in [7, 11) is 3.88. The molecule has 2 aromatic carbocycles. The van der Waals surface area contributed by atoms with Crippen LogP contribution in [0.25, 0.3) is 10.9 Å². The van der Waals surface area contributed by atoms with Crippen LogP contribution in [0.15, 0.2) is 54.7 Å². The van der Waals surface area contributed by atoms with E-state index >= 15 is 0 Å². The van der Waals surface area contributed by atoms with Gasteiger partial charge in [0.25, 0.3) is 5.91 Å². The van der Waals surface area contributed by atoms with Crippen LogP contribution in [-0.4, -0.2) is 52.5 Å². The fraction of sp³-hybridized carbons (Fsp3) is 0.273. The van der Waals surface area contributed by atoms with Gasteiger partial charge in [0.15, 0.2) is 5.75 Å². The lowest BCUT2D eigenvalue weighted by Gasteiger charge is -2.36. The topological polar surface area (TPSA) is 56.7 Å². The maximum Gasteiger partial charge on any atom is 0.257 e. The van der Waals surface area contributed by atoms with Gasteiger partial charge in [0.1, 0.15) is 5.52 Å². The summed E-state index contributed by atoms with van der Waals surface area (Å²) < 4.78 is 0.